The first-order valence-electron chi connectivity index (χ1n) is 4.29. The lowest BCUT2D eigenvalue weighted by atomic mass is 9.78. The number of carbonyl (C=O) groups is 1. The van der Waals surface area contributed by atoms with E-state index in [1.54, 1.807) is 0 Å². The molecule has 2 unspecified atom stereocenters. The van der Waals surface area contributed by atoms with E-state index in [0.29, 0.717) is 0 Å². The summed E-state index contributed by atoms with van der Waals surface area (Å²) in [7, 11) is 0. The summed E-state index contributed by atoms with van der Waals surface area (Å²) in [4.78, 5) is 11.0. The standard InChI is InChI=1S/C8H14N2O/c9-7(11)6-2-1-3-8(6)4-5-10-8/h6,10H,1-5H2,(H2,9,11). The molecular weight excluding hydrogens is 140 g/mol. The first-order chi connectivity index (χ1) is 5.25. The molecule has 2 fully saturated rings. The topological polar surface area (TPSA) is 55.1 Å². The Hall–Kier alpha value is -0.570. The van der Waals surface area contributed by atoms with Crippen LogP contribution in [0.2, 0.25) is 0 Å². The van der Waals surface area contributed by atoms with E-state index in [1.807, 2.05) is 0 Å². The molecule has 1 saturated heterocycles. The third kappa shape index (κ3) is 0.872. The normalized spacial score (nSPS) is 42.4. The molecule has 3 nitrogen and oxygen atoms in total. The second kappa shape index (κ2) is 2.21. The van der Waals surface area contributed by atoms with Crippen LogP contribution in [0.4, 0.5) is 0 Å². The lowest BCUT2D eigenvalue weighted by molar-refractivity contribution is -0.124. The van der Waals surface area contributed by atoms with E-state index in [9.17, 15) is 4.79 Å². The SMILES string of the molecule is NC(=O)C1CCCC12CCN2. The molecule has 1 aliphatic carbocycles. The van der Waals surface area contributed by atoms with Crippen LogP contribution in [0.3, 0.4) is 0 Å². The molecule has 0 bridgehead atoms. The maximum atomic E-state index is 11.0. The van der Waals surface area contributed by atoms with Crippen LogP contribution in [-0.2, 0) is 4.79 Å². The van der Waals surface area contributed by atoms with Crippen LogP contribution < -0.4 is 11.1 Å². The number of rotatable bonds is 1. The minimum atomic E-state index is -0.116. The van der Waals surface area contributed by atoms with E-state index in [4.69, 9.17) is 5.73 Å². The quantitative estimate of drug-likeness (QED) is 0.558. The van der Waals surface area contributed by atoms with Crippen LogP contribution in [0.1, 0.15) is 25.7 Å². The van der Waals surface area contributed by atoms with Gasteiger partial charge in [0.1, 0.15) is 0 Å². The van der Waals surface area contributed by atoms with Gasteiger partial charge in [0.15, 0.2) is 0 Å². The largest absolute Gasteiger partial charge is 0.369 e. The number of carbonyl (C=O) groups excluding carboxylic acids is 1. The summed E-state index contributed by atoms with van der Waals surface area (Å²) in [5, 5.41) is 3.35. The van der Waals surface area contributed by atoms with Gasteiger partial charge in [0.05, 0.1) is 5.92 Å². The molecule has 1 amide bonds. The zero-order valence-corrected chi connectivity index (χ0v) is 6.60. The minimum absolute atomic E-state index is 0.108. The number of hydrogen-bond donors (Lipinski definition) is 2. The molecule has 3 heteroatoms. The molecule has 62 valence electrons. The molecular formula is C8H14N2O. The number of nitrogens with two attached hydrogens (primary N) is 1. The molecule has 0 radical (unpaired) electrons. The lowest BCUT2D eigenvalue weighted by Gasteiger charge is -2.43. The van der Waals surface area contributed by atoms with E-state index in [2.05, 4.69) is 5.32 Å². The van der Waals surface area contributed by atoms with Crippen LogP contribution in [-0.4, -0.2) is 18.0 Å². The monoisotopic (exact) mass is 154 g/mol. The van der Waals surface area contributed by atoms with Gasteiger partial charge in [-0.05, 0) is 25.8 Å². The first-order valence-corrected chi connectivity index (χ1v) is 4.29. The Morgan fingerprint density at radius 1 is 1.55 bits per heavy atom. The summed E-state index contributed by atoms with van der Waals surface area (Å²) >= 11 is 0. The molecule has 1 saturated carbocycles. The van der Waals surface area contributed by atoms with Gasteiger partial charge in [0.25, 0.3) is 0 Å². The fourth-order valence-electron chi connectivity index (χ4n) is 2.44. The predicted molar refractivity (Wildman–Crippen MR) is 41.9 cm³/mol. The third-order valence-electron chi connectivity index (χ3n) is 3.17. The molecule has 0 aromatic heterocycles. The molecule has 2 rings (SSSR count). The smallest absolute Gasteiger partial charge is 0.222 e. The Bertz CT molecular complexity index is 187. The van der Waals surface area contributed by atoms with Crippen molar-refractivity contribution < 1.29 is 4.79 Å². The maximum absolute atomic E-state index is 11.0. The Morgan fingerprint density at radius 3 is 2.64 bits per heavy atom. The number of primary amides is 1. The van der Waals surface area contributed by atoms with Crippen molar-refractivity contribution in [3.8, 4) is 0 Å². The van der Waals surface area contributed by atoms with Crippen LogP contribution in [0.5, 0.6) is 0 Å². The Morgan fingerprint density at radius 2 is 2.27 bits per heavy atom. The Balaban J connectivity index is 2.13. The zero-order chi connectivity index (χ0) is 7.90. The zero-order valence-electron chi connectivity index (χ0n) is 6.60. The first kappa shape index (κ1) is 7.10. The summed E-state index contributed by atoms with van der Waals surface area (Å²) in [6.07, 6.45) is 4.42. The summed E-state index contributed by atoms with van der Waals surface area (Å²) in [6.45, 7) is 1.06. The molecule has 1 spiro atoms. The van der Waals surface area contributed by atoms with Gasteiger partial charge in [0.2, 0.25) is 5.91 Å². The van der Waals surface area contributed by atoms with Crippen LogP contribution in [0.15, 0.2) is 0 Å². The average molecular weight is 154 g/mol. The van der Waals surface area contributed by atoms with Crippen LogP contribution in [0, 0.1) is 5.92 Å². The third-order valence-corrected chi connectivity index (χ3v) is 3.17. The Kier molecular flexibility index (Phi) is 1.42. The summed E-state index contributed by atoms with van der Waals surface area (Å²) in [5.41, 5.74) is 5.43. The highest BCUT2D eigenvalue weighted by atomic mass is 16.1. The van der Waals surface area contributed by atoms with Crippen LogP contribution >= 0.6 is 0 Å². The fourth-order valence-corrected chi connectivity index (χ4v) is 2.44. The summed E-state index contributed by atoms with van der Waals surface area (Å²) in [5.74, 6) is -0.00838. The lowest BCUT2D eigenvalue weighted by Crippen LogP contribution is -2.61. The molecule has 1 heterocycles. The van der Waals surface area contributed by atoms with Crippen molar-refractivity contribution in [1.82, 2.24) is 5.32 Å². The molecule has 11 heavy (non-hydrogen) atoms. The molecule has 2 atom stereocenters. The number of amides is 1. The van der Waals surface area contributed by atoms with Gasteiger partial charge in [-0.15, -0.1) is 0 Å². The number of hydrogen-bond acceptors (Lipinski definition) is 2. The highest BCUT2D eigenvalue weighted by Crippen LogP contribution is 2.41. The van der Waals surface area contributed by atoms with Gasteiger partial charge in [-0.1, -0.05) is 6.42 Å². The minimum Gasteiger partial charge on any atom is -0.369 e. The van der Waals surface area contributed by atoms with E-state index in [1.165, 1.54) is 0 Å². The van der Waals surface area contributed by atoms with Crippen molar-refractivity contribution in [2.75, 3.05) is 6.54 Å². The highest BCUT2D eigenvalue weighted by Gasteiger charge is 2.49. The summed E-state index contributed by atoms with van der Waals surface area (Å²) < 4.78 is 0. The van der Waals surface area contributed by atoms with E-state index < -0.39 is 0 Å². The van der Waals surface area contributed by atoms with E-state index in [0.717, 1.165) is 32.2 Å². The number of nitrogens with one attached hydrogen (secondary N) is 1. The predicted octanol–water partition coefficient (Wildman–Crippen LogP) is 0.00390. The fraction of sp³-hybridized carbons (Fsp3) is 0.875. The second-order valence-corrected chi connectivity index (χ2v) is 3.68. The van der Waals surface area contributed by atoms with Crippen molar-refractivity contribution in [2.24, 2.45) is 11.7 Å². The maximum Gasteiger partial charge on any atom is 0.222 e. The van der Waals surface area contributed by atoms with E-state index in [-0.39, 0.29) is 17.4 Å². The average Bonchev–Trinajstić information content (AvgIpc) is 2.27. The van der Waals surface area contributed by atoms with Crippen molar-refractivity contribution in [3.63, 3.8) is 0 Å². The van der Waals surface area contributed by atoms with Crippen molar-refractivity contribution >= 4 is 5.91 Å². The van der Waals surface area contributed by atoms with Gasteiger partial charge >= 0.3 is 0 Å². The van der Waals surface area contributed by atoms with Crippen molar-refractivity contribution in [2.45, 2.75) is 31.2 Å². The molecule has 3 N–H and O–H groups in total. The van der Waals surface area contributed by atoms with Crippen LogP contribution in [0.25, 0.3) is 0 Å². The summed E-state index contributed by atoms with van der Waals surface area (Å²) in [6, 6.07) is 0. The second-order valence-electron chi connectivity index (χ2n) is 3.68. The molecule has 1 aliphatic heterocycles. The van der Waals surface area contributed by atoms with Gasteiger partial charge < -0.3 is 11.1 Å². The highest BCUT2D eigenvalue weighted by molar-refractivity contribution is 5.78. The van der Waals surface area contributed by atoms with Gasteiger partial charge in [-0.25, -0.2) is 0 Å². The van der Waals surface area contributed by atoms with Gasteiger partial charge in [0, 0.05) is 5.54 Å². The molecule has 0 aromatic carbocycles. The van der Waals surface area contributed by atoms with Gasteiger partial charge in [-0.2, -0.15) is 0 Å². The molecule has 2 aliphatic rings. The van der Waals surface area contributed by atoms with Crippen molar-refractivity contribution in [3.05, 3.63) is 0 Å². The van der Waals surface area contributed by atoms with Gasteiger partial charge in [-0.3, -0.25) is 4.79 Å². The molecule has 0 aromatic rings. The Labute approximate surface area is 66.3 Å². The van der Waals surface area contributed by atoms with Crippen molar-refractivity contribution in [1.29, 1.82) is 0 Å². The van der Waals surface area contributed by atoms with E-state index >= 15 is 0 Å².